The summed E-state index contributed by atoms with van der Waals surface area (Å²) in [5, 5.41) is 2.17. The number of rotatable bonds is 5. The number of thioether (sulfide) groups is 1. The molecule has 1 fully saturated rings. The highest BCUT2D eigenvalue weighted by molar-refractivity contribution is 8.00. The Morgan fingerprint density at radius 3 is 2.65 bits per heavy atom. The van der Waals surface area contributed by atoms with Gasteiger partial charge in [-0.2, -0.15) is 0 Å². The van der Waals surface area contributed by atoms with Crippen molar-refractivity contribution in [1.82, 2.24) is 19.9 Å². The van der Waals surface area contributed by atoms with Gasteiger partial charge in [0.05, 0.1) is 16.0 Å². The van der Waals surface area contributed by atoms with Crippen molar-refractivity contribution in [1.29, 1.82) is 0 Å². The van der Waals surface area contributed by atoms with E-state index in [4.69, 9.17) is 9.97 Å². The van der Waals surface area contributed by atoms with Crippen LogP contribution in [-0.2, 0) is 24.1 Å². The van der Waals surface area contributed by atoms with Gasteiger partial charge in [0, 0.05) is 24.2 Å². The molecule has 31 heavy (non-hydrogen) atoms. The van der Waals surface area contributed by atoms with Gasteiger partial charge in [-0.3, -0.25) is 4.79 Å². The van der Waals surface area contributed by atoms with Gasteiger partial charge in [-0.1, -0.05) is 25.6 Å². The fourth-order valence-corrected chi connectivity index (χ4v) is 7.10. The quantitative estimate of drug-likeness (QED) is 0.380. The number of aryl methyl sites for hydroxylation is 1. The molecule has 1 aliphatic carbocycles. The average Bonchev–Trinajstić information content (AvgIpc) is 3.17. The molecule has 4 heterocycles. The van der Waals surface area contributed by atoms with Crippen molar-refractivity contribution in [3.63, 3.8) is 0 Å². The van der Waals surface area contributed by atoms with Crippen molar-refractivity contribution in [2.45, 2.75) is 70.2 Å². The molecule has 0 bridgehead atoms. The SMILES string of the molecule is CC(C)Cc1nc2sc3c(SCC(=O)N4CCCCC4)ncnc3c2c2c1CCCC2. The molecule has 7 heteroatoms. The average molecular weight is 455 g/mol. The van der Waals surface area contributed by atoms with Crippen molar-refractivity contribution in [2.75, 3.05) is 18.8 Å². The van der Waals surface area contributed by atoms with Crippen LogP contribution in [0.2, 0.25) is 0 Å². The summed E-state index contributed by atoms with van der Waals surface area (Å²) in [6.45, 7) is 6.34. The summed E-state index contributed by atoms with van der Waals surface area (Å²) >= 11 is 3.27. The molecule has 5 rings (SSSR count). The molecular weight excluding hydrogens is 424 g/mol. The normalized spacial score (nSPS) is 16.9. The molecule has 0 unspecified atom stereocenters. The van der Waals surface area contributed by atoms with E-state index in [1.54, 1.807) is 29.4 Å². The van der Waals surface area contributed by atoms with E-state index in [-0.39, 0.29) is 5.91 Å². The molecule has 0 N–H and O–H groups in total. The van der Waals surface area contributed by atoms with Crippen molar-refractivity contribution in [3.8, 4) is 0 Å². The first kappa shape index (κ1) is 21.1. The van der Waals surface area contributed by atoms with Crippen LogP contribution in [0.15, 0.2) is 11.4 Å². The number of likely N-dealkylation sites (tertiary alicyclic amines) is 1. The second-order valence-electron chi connectivity index (χ2n) is 9.19. The van der Waals surface area contributed by atoms with Gasteiger partial charge in [0.1, 0.15) is 16.2 Å². The number of piperidine rings is 1. The molecule has 0 spiro atoms. The van der Waals surface area contributed by atoms with E-state index in [0.717, 1.165) is 65.3 Å². The maximum absolute atomic E-state index is 12.7. The highest BCUT2D eigenvalue weighted by atomic mass is 32.2. The monoisotopic (exact) mass is 454 g/mol. The number of carbonyl (C=O) groups is 1. The lowest BCUT2D eigenvalue weighted by atomic mass is 9.87. The van der Waals surface area contributed by atoms with Crippen LogP contribution in [0.25, 0.3) is 20.4 Å². The Morgan fingerprint density at radius 1 is 1.10 bits per heavy atom. The Balaban J connectivity index is 1.52. The number of thiophene rings is 1. The van der Waals surface area contributed by atoms with Crippen LogP contribution < -0.4 is 0 Å². The zero-order valence-electron chi connectivity index (χ0n) is 18.4. The Labute approximate surface area is 192 Å². The number of nitrogens with zero attached hydrogens (tertiary/aromatic N) is 4. The largest absolute Gasteiger partial charge is 0.342 e. The predicted molar refractivity (Wildman–Crippen MR) is 129 cm³/mol. The van der Waals surface area contributed by atoms with E-state index in [2.05, 4.69) is 18.8 Å². The second kappa shape index (κ2) is 9.02. The molecule has 3 aromatic rings. The minimum Gasteiger partial charge on any atom is -0.342 e. The van der Waals surface area contributed by atoms with Crippen LogP contribution >= 0.6 is 23.1 Å². The minimum atomic E-state index is 0.229. The van der Waals surface area contributed by atoms with Gasteiger partial charge in [0.2, 0.25) is 5.91 Å². The summed E-state index contributed by atoms with van der Waals surface area (Å²) in [4.78, 5) is 30.2. The predicted octanol–water partition coefficient (Wildman–Crippen LogP) is 5.42. The summed E-state index contributed by atoms with van der Waals surface area (Å²) in [7, 11) is 0. The first-order valence-corrected chi connectivity index (χ1v) is 13.4. The molecule has 164 valence electrons. The molecule has 1 aliphatic heterocycles. The Hall–Kier alpha value is -1.73. The fraction of sp³-hybridized carbons (Fsp3) is 0.583. The van der Waals surface area contributed by atoms with Crippen molar-refractivity contribution in [3.05, 3.63) is 23.1 Å². The van der Waals surface area contributed by atoms with E-state index in [9.17, 15) is 4.79 Å². The lowest BCUT2D eigenvalue weighted by Crippen LogP contribution is -2.36. The van der Waals surface area contributed by atoms with Gasteiger partial charge in [-0.25, -0.2) is 15.0 Å². The molecule has 5 nitrogen and oxygen atoms in total. The summed E-state index contributed by atoms with van der Waals surface area (Å²) in [5.41, 5.74) is 5.26. The number of hydrogen-bond acceptors (Lipinski definition) is 6. The Morgan fingerprint density at radius 2 is 1.87 bits per heavy atom. The topological polar surface area (TPSA) is 59.0 Å². The number of amides is 1. The van der Waals surface area contributed by atoms with E-state index in [0.29, 0.717) is 11.7 Å². The zero-order valence-corrected chi connectivity index (χ0v) is 20.1. The van der Waals surface area contributed by atoms with Crippen molar-refractivity contribution in [2.24, 2.45) is 5.92 Å². The van der Waals surface area contributed by atoms with Crippen LogP contribution in [-0.4, -0.2) is 44.6 Å². The number of carbonyl (C=O) groups excluding carboxylic acids is 1. The maximum atomic E-state index is 12.7. The minimum absolute atomic E-state index is 0.229. The van der Waals surface area contributed by atoms with Crippen LogP contribution in [0.4, 0.5) is 0 Å². The first-order valence-electron chi connectivity index (χ1n) is 11.6. The molecule has 3 aromatic heterocycles. The van der Waals surface area contributed by atoms with Gasteiger partial charge in [-0.05, 0) is 68.4 Å². The van der Waals surface area contributed by atoms with E-state index >= 15 is 0 Å². The lowest BCUT2D eigenvalue weighted by molar-refractivity contribution is -0.129. The van der Waals surface area contributed by atoms with Crippen LogP contribution in [0.5, 0.6) is 0 Å². The smallest absolute Gasteiger partial charge is 0.232 e. The second-order valence-corrected chi connectivity index (χ2v) is 11.2. The van der Waals surface area contributed by atoms with Crippen LogP contribution in [0.1, 0.15) is 62.8 Å². The van der Waals surface area contributed by atoms with Crippen LogP contribution in [0.3, 0.4) is 0 Å². The molecule has 0 atom stereocenters. The third-order valence-corrected chi connectivity index (χ3v) is 8.60. The molecule has 0 saturated carbocycles. The molecule has 1 saturated heterocycles. The van der Waals surface area contributed by atoms with Crippen LogP contribution in [0, 0.1) is 5.92 Å². The third kappa shape index (κ3) is 4.19. The zero-order chi connectivity index (χ0) is 21.4. The lowest BCUT2D eigenvalue weighted by Gasteiger charge is -2.26. The third-order valence-electron chi connectivity index (χ3n) is 6.42. The Kier molecular flexibility index (Phi) is 6.15. The summed E-state index contributed by atoms with van der Waals surface area (Å²) in [5.74, 6) is 1.27. The van der Waals surface area contributed by atoms with Gasteiger partial charge >= 0.3 is 0 Å². The van der Waals surface area contributed by atoms with E-state index in [1.807, 2.05) is 4.90 Å². The molecule has 0 aromatic carbocycles. The maximum Gasteiger partial charge on any atom is 0.232 e. The first-order chi connectivity index (χ1) is 15.1. The van der Waals surface area contributed by atoms with Gasteiger partial charge < -0.3 is 4.90 Å². The van der Waals surface area contributed by atoms with Crippen molar-refractivity contribution < 1.29 is 4.79 Å². The number of aromatic nitrogens is 3. The van der Waals surface area contributed by atoms with E-state index < -0.39 is 0 Å². The summed E-state index contributed by atoms with van der Waals surface area (Å²) in [6, 6.07) is 0. The molecule has 0 radical (unpaired) electrons. The van der Waals surface area contributed by atoms with Gasteiger partial charge in [0.25, 0.3) is 0 Å². The highest BCUT2D eigenvalue weighted by Gasteiger charge is 2.24. The standard InChI is InChI=1S/C24H30N4OS2/c1-15(2)12-18-16-8-4-5-9-17(16)20-21-22(31-23(20)27-18)24(26-14-25-21)30-13-19(29)28-10-6-3-7-11-28/h14-15H,3-13H2,1-2H3. The number of hydrogen-bond donors (Lipinski definition) is 0. The fourth-order valence-electron chi connectivity index (χ4n) is 4.94. The van der Waals surface area contributed by atoms with Crippen molar-refractivity contribution >= 4 is 49.4 Å². The number of pyridine rings is 1. The summed E-state index contributed by atoms with van der Waals surface area (Å²) < 4.78 is 1.09. The Bertz CT molecular complexity index is 1120. The van der Waals surface area contributed by atoms with Gasteiger partial charge in [0.15, 0.2) is 0 Å². The highest BCUT2D eigenvalue weighted by Crippen LogP contribution is 2.41. The molecule has 1 amide bonds. The molecule has 2 aliphatic rings. The van der Waals surface area contributed by atoms with E-state index in [1.165, 1.54) is 41.5 Å². The number of fused-ring (bicyclic) bond motifs is 5. The molecular formula is C24H30N4OS2. The van der Waals surface area contributed by atoms with Gasteiger partial charge in [-0.15, -0.1) is 11.3 Å². The summed E-state index contributed by atoms with van der Waals surface area (Å²) in [6.07, 6.45) is 10.9.